The summed E-state index contributed by atoms with van der Waals surface area (Å²) in [5, 5.41) is 11.5. The van der Waals surface area contributed by atoms with E-state index in [1.165, 1.54) is 0 Å². The molecule has 7 nitrogen and oxygen atoms in total. The number of rotatable bonds is 1. The molecule has 0 saturated carbocycles. The Morgan fingerprint density at radius 2 is 1.95 bits per heavy atom. The van der Waals surface area contributed by atoms with Crippen LogP contribution in [0, 0.1) is 0 Å². The SMILES string of the molecule is Cn1nnnc1C1CCN(C(=O)OC(C)(C)C)CC1. The Balaban J connectivity index is 1.89. The summed E-state index contributed by atoms with van der Waals surface area (Å²) in [4.78, 5) is 13.7. The molecular weight excluding hydrogens is 246 g/mol. The van der Waals surface area contributed by atoms with Crippen LogP contribution in [-0.2, 0) is 11.8 Å². The third-order valence-electron chi connectivity index (χ3n) is 3.16. The minimum absolute atomic E-state index is 0.234. The van der Waals surface area contributed by atoms with Gasteiger partial charge in [0.1, 0.15) is 5.60 Å². The van der Waals surface area contributed by atoms with Gasteiger partial charge in [-0.25, -0.2) is 9.48 Å². The second kappa shape index (κ2) is 5.14. The highest BCUT2D eigenvalue weighted by molar-refractivity contribution is 5.68. The van der Waals surface area contributed by atoms with Crippen LogP contribution < -0.4 is 0 Å². The molecule has 1 aromatic rings. The Bertz CT molecular complexity index is 443. The molecule has 1 aliphatic rings. The van der Waals surface area contributed by atoms with Gasteiger partial charge in [0.15, 0.2) is 5.82 Å². The van der Waals surface area contributed by atoms with Gasteiger partial charge in [-0.15, -0.1) is 5.10 Å². The zero-order chi connectivity index (χ0) is 14.0. The summed E-state index contributed by atoms with van der Waals surface area (Å²) >= 11 is 0. The first-order valence-electron chi connectivity index (χ1n) is 6.57. The zero-order valence-corrected chi connectivity index (χ0v) is 12.0. The van der Waals surface area contributed by atoms with Gasteiger partial charge in [-0.05, 0) is 44.0 Å². The first kappa shape index (κ1) is 13.8. The van der Waals surface area contributed by atoms with Crippen LogP contribution in [-0.4, -0.2) is 49.9 Å². The molecular formula is C12H21N5O2. The maximum Gasteiger partial charge on any atom is 0.410 e. The van der Waals surface area contributed by atoms with Crippen molar-refractivity contribution in [2.24, 2.45) is 7.05 Å². The van der Waals surface area contributed by atoms with E-state index in [-0.39, 0.29) is 6.09 Å². The van der Waals surface area contributed by atoms with E-state index in [0.717, 1.165) is 18.7 Å². The van der Waals surface area contributed by atoms with Gasteiger partial charge in [0.25, 0.3) is 0 Å². The molecule has 0 aliphatic carbocycles. The predicted molar refractivity (Wildman–Crippen MR) is 68.6 cm³/mol. The fourth-order valence-corrected chi connectivity index (χ4v) is 2.23. The lowest BCUT2D eigenvalue weighted by Crippen LogP contribution is -2.41. The lowest BCUT2D eigenvalue weighted by molar-refractivity contribution is 0.0202. The Hall–Kier alpha value is -1.66. The Labute approximate surface area is 112 Å². The largest absolute Gasteiger partial charge is 0.444 e. The Morgan fingerprint density at radius 1 is 1.32 bits per heavy atom. The van der Waals surface area contributed by atoms with Gasteiger partial charge in [-0.3, -0.25) is 0 Å². The molecule has 2 heterocycles. The number of aryl methyl sites for hydroxylation is 1. The van der Waals surface area contributed by atoms with Crippen LogP contribution in [0.4, 0.5) is 4.79 Å². The summed E-state index contributed by atoms with van der Waals surface area (Å²) in [5.74, 6) is 1.21. The molecule has 0 radical (unpaired) electrons. The van der Waals surface area contributed by atoms with Gasteiger partial charge >= 0.3 is 6.09 Å². The minimum atomic E-state index is -0.443. The number of tetrazole rings is 1. The van der Waals surface area contributed by atoms with E-state index in [1.807, 2.05) is 27.8 Å². The van der Waals surface area contributed by atoms with E-state index in [2.05, 4.69) is 15.5 Å². The standard InChI is InChI=1S/C12H21N5O2/c1-12(2,3)19-11(18)17-7-5-9(6-8-17)10-13-14-15-16(10)4/h9H,5-8H2,1-4H3. The van der Waals surface area contributed by atoms with Crippen LogP contribution in [0.15, 0.2) is 0 Å². The molecule has 19 heavy (non-hydrogen) atoms. The normalized spacial score (nSPS) is 17.6. The number of piperidine rings is 1. The maximum atomic E-state index is 11.9. The van der Waals surface area contributed by atoms with Crippen LogP contribution >= 0.6 is 0 Å². The number of carbonyl (C=O) groups is 1. The number of carbonyl (C=O) groups excluding carboxylic acids is 1. The first-order valence-corrected chi connectivity index (χ1v) is 6.57. The molecule has 0 unspecified atom stereocenters. The zero-order valence-electron chi connectivity index (χ0n) is 12.0. The lowest BCUT2D eigenvalue weighted by Gasteiger charge is -2.32. The monoisotopic (exact) mass is 267 g/mol. The van der Waals surface area contributed by atoms with Gasteiger partial charge in [-0.1, -0.05) is 0 Å². The number of aromatic nitrogens is 4. The van der Waals surface area contributed by atoms with Crippen LogP contribution in [0.3, 0.4) is 0 Å². The van der Waals surface area contributed by atoms with Crippen LogP contribution in [0.2, 0.25) is 0 Å². The van der Waals surface area contributed by atoms with Crippen molar-refractivity contribution in [1.29, 1.82) is 0 Å². The molecule has 1 fully saturated rings. The Morgan fingerprint density at radius 3 is 2.42 bits per heavy atom. The van der Waals surface area contributed by atoms with Gasteiger partial charge in [0, 0.05) is 26.1 Å². The summed E-state index contributed by atoms with van der Waals surface area (Å²) in [5.41, 5.74) is -0.443. The maximum absolute atomic E-state index is 11.9. The molecule has 106 valence electrons. The van der Waals surface area contributed by atoms with Gasteiger partial charge in [0.05, 0.1) is 0 Å². The van der Waals surface area contributed by atoms with E-state index >= 15 is 0 Å². The molecule has 0 atom stereocenters. The van der Waals surface area contributed by atoms with Gasteiger partial charge in [-0.2, -0.15) is 0 Å². The quantitative estimate of drug-likeness (QED) is 0.767. The summed E-state index contributed by atoms with van der Waals surface area (Å²) < 4.78 is 7.07. The molecule has 0 bridgehead atoms. The molecule has 7 heteroatoms. The molecule has 2 rings (SSSR count). The molecule has 1 amide bonds. The van der Waals surface area contributed by atoms with Gasteiger partial charge in [0.2, 0.25) is 0 Å². The number of hydrogen-bond donors (Lipinski definition) is 0. The smallest absolute Gasteiger partial charge is 0.410 e. The highest BCUT2D eigenvalue weighted by Crippen LogP contribution is 2.26. The van der Waals surface area contributed by atoms with E-state index in [9.17, 15) is 4.79 Å². The fraction of sp³-hybridized carbons (Fsp3) is 0.833. The topological polar surface area (TPSA) is 73.1 Å². The van der Waals surface area contributed by atoms with Crippen molar-refractivity contribution < 1.29 is 9.53 Å². The number of nitrogens with zero attached hydrogens (tertiary/aromatic N) is 5. The second-order valence-electron chi connectivity index (χ2n) is 5.90. The molecule has 1 aromatic heterocycles. The van der Waals surface area contributed by atoms with Crippen molar-refractivity contribution in [3.63, 3.8) is 0 Å². The van der Waals surface area contributed by atoms with Crippen molar-refractivity contribution in [2.45, 2.75) is 45.1 Å². The summed E-state index contributed by atoms with van der Waals surface area (Å²) in [6.07, 6.45) is 1.50. The highest BCUT2D eigenvalue weighted by Gasteiger charge is 2.29. The molecule has 1 aliphatic heterocycles. The van der Waals surface area contributed by atoms with Crippen molar-refractivity contribution in [3.8, 4) is 0 Å². The number of likely N-dealkylation sites (tertiary alicyclic amines) is 1. The van der Waals surface area contributed by atoms with E-state index < -0.39 is 5.60 Å². The van der Waals surface area contributed by atoms with E-state index in [1.54, 1.807) is 9.58 Å². The van der Waals surface area contributed by atoms with Gasteiger partial charge < -0.3 is 9.64 Å². The Kier molecular flexibility index (Phi) is 3.73. The number of hydrogen-bond acceptors (Lipinski definition) is 5. The average Bonchev–Trinajstić information content (AvgIpc) is 2.73. The highest BCUT2D eigenvalue weighted by atomic mass is 16.6. The molecule has 0 spiro atoms. The molecule has 0 aromatic carbocycles. The van der Waals surface area contributed by atoms with Crippen molar-refractivity contribution in [3.05, 3.63) is 5.82 Å². The molecule has 0 N–H and O–H groups in total. The number of ether oxygens (including phenoxy) is 1. The van der Waals surface area contributed by atoms with Crippen LogP contribution in [0.5, 0.6) is 0 Å². The second-order valence-corrected chi connectivity index (χ2v) is 5.90. The third kappa shape index (κ3) is 3.42. The summed E-state index contributed by atoms with van der Waals surface area (Å²) in [7, 11) is 1.84. The predicted octanol–water partition coefficient (Wildman–Crippen LogP) is 1.32. The van der Waals surface area contributed by atoms with E-state index in [0.29, 0.717) is 19.0 Å². The van der Waals surface area contributed by atoms with E-state index in [4.69, 9.17) is 4.74 Å². The van der Waals surface area contributed by atoms with Crippen molar-refractivity contribution in [1.82, 2.24) is 25.1 Å². The van der Waals surface area contributed by atoms with Crippen molar-refractivity contribution >= 4 is 6.09 Å². The summed E-state index contributed by atoms with van der Waals surface area (Å²) in [6, 6.07) is 0. The first-order chi connectivity index (χ1) is 8.87. The van der Waals surface area contributed by atoms with Crippen LogP contribution in [0.1, 0.15) is 45.4 Å². The third-order valence-corrected chi connectivity index (χ3v) is 3.16. The minimum Gasteiger partial charge on any atom is -0.444 e. The summed E-state index contributed by atoms with van der Waals surface area (Å²) in [6.45, 7) is 7.01. The average molecular weight is 267 g/mol. The van der Waals surface area contributed by atoms with Crippen LogP contribution in [0.25, 0.3) is 0 Å². The number of amides is 1. The fourth-order valence-electron chi connectivity index (χ4n) is 2.23. The lowest BCUT2D eigenvalue weighted by atomic mass is 9.96. The molecule has 1 saturated heterocycles. The van der Waals surface area contributed by atoms with Crippen molar-refractivity contribution in [2.75, 3.05) is 13.1 Å².